The van der Waals surface area contributed by atoms with E-state index in [0.717, 1.165) is 53.1 Å². The third-order valence-corrected chi connectivity index (χ3v) is 7.90. The summed E-state index contributed by atoms with van der Waals surface area (Å²) in [6.45, 7) is 2.68. The quantitative estimate of drug-likeness (QED) is 0.550. The molecule has 0 spiro atoms. The summed E-state index contributed by atoms with van der Waals surface area (Å²) < 4.78 is 5.30. The molecule has 3 aromatic rings. The van der Waals surface area contributed by atoms with Crippen LogP contribution < -0.4 is 20.3 Å². The second kappa shape index (κ2) is 9.50. The number of carbonyl (C=O) groups excluding carboxylic acids is 2. The van der Waals surface area contributed by atoms with Crippen LogP contribution in [0.25, 0.3) is 0 Å². The van der Waals surface area contributed by atoms with Gasteiger partial charge < -0.3 is 20.3 Å². The van der Waals surface area contributed by atoms with Crippen molar-refractivity contribution in [3.05, 3.63) is 81.2 Å². The average Bonchev–Trinajstić information content (AvgIpc) is 3.26. The van der Waals surface area contributed by atoms with E-state index < -0.39 is 6.17 Å². The fourth-order valence-electron chi connectivity index (χ4n) is 4.71. The molecule has 2 aromatic carbocycles. The highest BCUT2D eigenvalue weighted by atomic mass is 32.1. The van der Waals surface area contributed by atoms with E-state index in [1.807, 2.05) is 60.4 Å². The molecule has 6 nitrogen and oxygen atoms in total. The summed E-state index contributed by atoms with van der Waals surface area (Å²) in [5, 5.41) is 7.13. The molecule has 2 amide bonds. The van der Waals surface area contributed by atoms with Gasteiger partial charge in [-0.25, -0.2) is 0 Å². The van der Waals surface area contributed by atoms with Crippen molar-refractivity contribution in [2.45, 2.75) is 45.3 Å². The molecule has 176 valence electrons. The molecule has 2 aliphatic rings. The van der Waals surface area contributed by atoms with Crippen LogP contribution in [-0.2, 0) is 24.2 Å². The molecule has 0 radical (unpaired) electrons. The van der Waals surface area contributed by atoms with Gasteiger partial charge in [0.15, 0.2) is 0 Å². The summed E-state index contributed by atoms with van der Waals surface area (Å²) in [4.78, 5) is 29.7. The number of fused-ring (bicyclic) bond motifs is 3. The van der Waals surface area contributed by atoms with Crippen LogP contribution in [0, 0.1) is 6.92 Å². The molecule has 1 unspecified atom stereocenters. The van der Waals surface area contributed by atoms with E-state index >= 15 is 0 Å². The zero-order chi connectivity index (χ0) is 23.7. The third-order valence-electron chi connectivity index (χ3n) is 6.58. The first-order valence-electron chi connectivity index (χ1n) is 11.7. The fraction of sp³-hybridized carbons (Fsp3) is 0.333. The summed E-state index contributed by atoms with van der Waals surface area (Å²) >= 11 is 1.67. The number of anilines is 1. The van der Waals surface area contributed by atoms with E-state index in [9.17, 15) is 9.59 Å². The molecule has 34 heavy (non-hydrogen) atoms. The van der Waals surface area contributed by atoms with Crippen molar-refractivity contribution in [3.63, 3.8) is 0 Å². The van der Waals surface area contributed by atoms with Crippen LogP contribution in [0.15, 0.2) is 48.5 Å². The molecule has 2 heterocycles. The number of hydrogen-bond donors (Lipinski definition) is 2. The third kappa shape index (κ3) is 4.40. The van der Waals surface area contributed by atoms with Crippen LogP contribution >= 0.6 is 11.3 Å². The maximum atomic E-state index is 13.2. The van der Waals surface area contributed by atoms with Gasteiger partial charge >= 0.3 is 0 Å². The number of ether oxygens (including phenoxy) is 1. The van der Waals surface area contributed by atoms with Gasteiger partial charge in [-0.1, -0.05) is 42.0 Å². The highest BCUT2D eigenvalue weighted by Crippen LogP contribution is 2.45. The molecule has 0 fully saturated rings. The molecule has 1 aliphatic heterocycles. The molecule has 2 N–H and O–H groups in total. The lowest BCUT2D eigenvalue weighted by molar-refractivity contribution is -0.120. The number of carbonyl (C=O) groups is 2. The maximum Gasteiger partial charge on any atom is 0.256 e. The van der Waals surface area contributed by atoms with Gasteiger partial charge in [0.25, 0.3) is 5.91 Å². The van der Waals surface area contributed by atoms with E-state index in [2.05, 4.69) is 10.6 Å². The number of nitrogens with one attached hydrogen (secondary N) is 2. The number of methoxy groups -OCH3 is 1. The van der Waals surface area contributed by atoms with Crippen LogP contribution in [0.5, 0.6) is 5.75 Å². The fourth-order valence-corrected chi connectivity index (χ4v) is 6.12. The first kappa shape index (κ1) is 22.5. The summed E-state index contributed by atoms with van der Waals surface area (Å²) in [5.41, 5.74) is 5.09. The van der Waals surface area contributed by atoms with E-state index in [0.29, 0.717) is 6.54 Å². The van der Waals surface area contributed by atoms with Gasteiger partial charge in [0, 0.05) is 11.4 Å². The van der Waals surface area contributed by atoms with Crippen LogP contribution in [0.3, 0.4) is 0 Å². The molecule has 1 aliphatic carbocycles. The summed E-state index contributed by atoms with van der Waals surface area (Å²) in [6, 6.07) is 15.8. The second-order valence-electron chi connectivity index (χ2n) is 8.93. The first-order valence-corrected chi connectivity index (χ1v) is 12.5. The zero-order valence-corrected chi connectivity index (χ0v) is 20.3. The predicted octanol–water partition coefficient (Wildman–Crippen LogP) is 4.51. The molecule has 7 heteroatoms. The smallest absolute Gasteiger partial charge is 0.256 e. The van der Waals surface area contributed by atoms with Crippen LogP contribution in [0.4, 0.5) is 5.00 Å². The minimum atomic E-state index is -0.420. The monoisotopic (exact) mass is 475 g/mol. The Morgan fingerprint density at radius 1 is 1.12 bits per heavy atom. The van der Waals surface area contributed by atoms with Crippen LogP contribution in [0.2, 0.25) is 0 Å². The lowest BCUT2D eigenvalue weighted by Crippen LogP contribution is -2.49. The minimum Gasteiger partial charge on any atom is -0.497 e. The van der Waals surface area contributed by atoms with Gasteiger partial charge in [-0.15, -0.1) is 11.3 Å². The van der Waals surface area contributed by atoms with Gasteiger partial charge in [0.2, 0.25) is 5.91 Å². The predicted molar refractivity (Wildman–Crippen MR) is 135 cm³/mol. The van der Waals surface area contributed by atoms with Gasteiger partial charge in [0.05, 0.1) is 19.2 Å². The lowest BCUT2D eigenvalue weighted by atomic mass is 9.94. The molecule has 0 bridgehead atoms. The van der Waals surface area contributed by atoms with E-state index in [1.54, 1.807) is 18.4 Å². The highest BCUT2D eigenvalue weighted by molar-refractivity contribution is 7.16. The van der Waals surface area contributed by atoms with E-state index in [-0.39, 0.29) is 18.4 Å². The van der Waals surface area contributed by atoms with Gasteiger partial charge in [-0.2, -0.15) is 0 Å². The maximum absolute atomic E-state index is 13.2. The van der Waals surface area contributed by atoms with Crippen LogP contribution in [-0.4, -0.2) is 25.5 Å². The molecule has 1 atom stereocenters. The Balaban J connectivity index is 1.44. The summed E-state index contributed by atoms with van der Waals surface area (Å²) in [5.74, 6) is 0.625. The van der Waals surface area contributed by atoms with Gasteiger partial charge in [-0.05, 0) is 61.4 Å². The lowest BCUT2D eigenvalue weighted by Gasteiger charge is -2.37. The molecular weight excluding hydrogens is 446 g/mol. The zero-order valence-electron chi connectivity index (χ0n) is 19.5. The number of nitrogens with zero attached hydrogens (tertiary/aromatic N) is 1. The van der Waals surface area contributed by atoms with Crippen molar-refractivity contribution in [2.24, 2.45) is 0 Å². The highest BCUT2D eigenvalue weighted by Gasteiger charge is 2.38. The largest absolute Gasteiger partial charge is 0.497 e. The Morgan fingerprint density at radius 3 is 2.59 bits per heavy atom. The van der Waals surface area contributed by atoms with Crippen molar-refractivity contribution >= 4 is 28.2 Å². The Bertz CT molecular complexity index is 1200. The SMILES string of the molecule is COc1ccc(C2NC(=O)c3c(sc4c3CCCC4)N2CC(=O)NCc2ccc(C)cc2)cc1. The van der Waals surface area contributed by atoms with E-state index in [1.165, 1.54) is 16.0 Å². The van der Waals surface area contributed by atoms with Crippen molar-refractivity contribution in [1.29, 1.82) is 0 Å². The minimum absolute atomic E-state index is 0.0495. The van der Waals surface area contributed by atoms with Gasteiger partial charge in [-0.3, -0.25) is 9.59 Å². The van der Waals surface area contributed by atoms with Crippen LogP contribution in [0.1, 0.15) is 56.5 Å². The Hall–Kier alpha value is -3.32. The molecule has 0 saturated carbocycles. The number of thiophene rings is 1. The number of hydrogen-bond acceptors (Lipinski definition) is 5. The molecule has 1 aromatic heterocycles. The summed E-state index contributed by atoms with van der Waals surface area (Å²) in [7, 11) is 1.63. The number of benzene rings is 2. The van der Waals surface area contributed by atoms with Gasteiger partial charge in [0.1, 0.15) is 16.9 Å². The average molecular weight is 476 g/mol. The molecular formula is C27H29N3O3S. The molecule has 0 saturated heterocycles. The molecule has 5 rings (SSSR count). The van der Waals surface area contributed by atoms with Crippen molar-refractivity contribution < 1.29 is 14.3 Å². The first-order chi connectivity index (χ1) is 16.5. The standard InChI is InChI=1S/C27H29N3O3S/c1-17-7-9-18(10-8-17)15-28-23(31)16-30-25(19-11-13-20(33-2)14-12-19)29-26(32)24-21-5-3-4-6-22(21)34-27(24)30/h7-14,25H,3-6,15-16H2,1-2H3,(H,28,31)(H,29,32). The summed E-state index contributed by atoms with van der Waals surface area (Å²) in [6.07, 6.45) is 3.75. The van der Waals surface area contributed by atoms with E-state index in [4.69, 9.17) is 4.74 Å². The Labute approximate surface area is 203 Å². The van der Waals surface area contributed by atoms with Crippen molar-refractivity contribution in [3.8, 4) is 5.75 Å². The van der Waals surface area contributed by atoms with Crippen molar-refractivity contribution in [1.82, 2.24) is 10.6 Å². The number of aryl methyl sites for hydroxylation is 2. The second-order valence-corrected chi connectivity index (χ2v) is 10.0. The van der Waals surface area contributed by atoms with Crippen molar-refractivity contribution in [2.75, 3.05) is 18.6 Å². The topological polar surface area (TPSA) is 70.7 Å². The Morgan fingerprint density at radius 2 is 1.85 bits per heavy atom. The normalized spacial score (nSPS) is 16.9. The number of rotatable bonds is 6. The Kier molecular flexibility index (Phi) is 6.28. The number of amides is 2.